The van der Waals surface area contributed by atoms with Gasteiger partial charge < -0.3 is 19.5 Å². The van der Waals surface area contributed by atoms with E-state index in [4.69, 9.17) is 14.6 Å². The minimum Gasteiger partial charge on any atom is -0.497 e. The number of methoxy groups -OCH3 is 2. The van der Waals surface area contributed by atoms with Crippen LogP contribution in [0.3, 0.4) is 0 Å². The highest BCUT2D eigenvalue weighted by atomic mass is 16.5. The number of unbranched alkanes of at least 4 members (excludes halogenated alkanes) is 2. The zero-order valence-electron chi connectivity index (χ0n) is 16.9. The average molecular weight is 397 g/mol. The Hall–Kier alpha value is -2.86. The van der Waals surface area contributed by atoms with E-state index in [0.717, 1.165) is 47.3 Å². The van der Waals surface area contributed by atoms with Gasteiger partial charge in [0, 0.05) is 36.7 Å². The molecule has 1 heterocycles. The molecule has 1 amide bonds. The molecule has 0 spiro atoms. The van der Waals surface area contributed by atoms with Gasteiger partial charge in [0.05, 0.1) is 14.2 Å². The fourth-order valence-corrected chi connectivity index (χ4v) is 3.73. The molecule has 1 aliphatic heterocycles. The predicted molar refractivity (Wildman–Crippen MR) is 110 cm³/mol. The standard InChI is InChI=1S/C23H27NO5/c1-28-17-10-11-19(22(13-17)29-2)18-8-6-9-20-21(18)14-24(23(20)27)12-5-3-4-7-16(26)15-25/h6,8-11,13,25H,3-5,7,12,14-15H2,1-2H3. The van der Waals surface area contributed by atoms with Gasteiger partial charge in [0.1, 0.15) is 18.1 Å². The normalized spacial score (nSPS) is 12.8. The molecule has 0 radical (unpaired) electrons. The third-order valence-electron chi connectivity index (χ3n) is 5.30. The molecule has 2 aromatic carbocycles. The van der Waals surface area contributed by atoms with Crippen LogP contribution in [0, 0.1) is 0 Å². The van der Waals surface area contributed by atoms with E-state index in [-0.39, 0.29) is 11.7 Å². The van der Waals surface area contributed by atoms with Gasteiger partial charge in [-0.2, -0.15) is 0 Å². The van der Waals surface area contributed by atoms with E-state index >= 15 is 0 Å². The van der Waals surface area contributed by atoms with Crippen LogP contribution in [0.4, 0.5) is 0 Å². The Bertz CT molecular complexity index is 893. The zero-order valence-corrected chi connectivity index (χ0v) is 16.9. The molecule has 0 saturated carbocycles. The highest BCUT2D eigenvalue weighted by Crippen LogP contribution is 2.39. The van der Waals surface area contributed by atoms with Gasteiger partial charge in [-0.3, -0.25) is 9.59 Å². The summed E-state index contributed by atoms with van der Waals surface area (Å²) in [4.78, 5) is 25.9. The van der Waals surface area contributed by atoms with Gasteiger partial charge in [-0.25, -0.2) is 0 Å². The molecule has 3 rings (SSSR count). The number of Topliss-reactive ketones (excluding diaryl/α,β-unsaturated/α-hetero) is 1. The first-order chi connectivity index (χ1) is 14.1. The van der Waals surface area contributed by atoms with Gasteiger partial charge in [-0.1, -0.05) is 18.6 Å². The molecule has 1 aliphatic rings. The smallest absolute Gasteiger partial charge is 0.254 e. The minimum absolute atomic E-state index is 0.0424. The van der Waals surface area contributed by atoms with Crippen LogP contribution < -0.4 is 9.47 Å². The van der Waals surface area contributed by atoms with Crippen molar-refractivity contribution in [3.63, 3.8) is 0 Å². The molecule has 0 unspecified atom stereocenters. The van der Waals surface area contributed by atoms with Gasteiger partial charge in [0.15, 0.2) is 5.78 Å². The number of fused-ring (bicyclic) bond motifs is 1. The lowest BCUT2D eigenvalue weighted by molar-refractivity contribution is -0.121. The Balaban J connectivity index is 1.73. The van der Waals surface area contributed by atoms with Gasteiger partial charge in [0.25, 0.3) is 5.91 Å². The van der Waals surface area contributed by atoms with E-state index in [1.54, 1.807) is 14.2 Å². The number of carbonyl (C=O) groups excluding carboxylic acids is 2. The largest absolute Gasteiger partial charge is 0.497 e. The molecular formula is C23H27NO5. The molecule has 0 aromatic heterocycles. The van der Waals surface area contributed by atoms with Crippen LogP contribution in [0.15, 0.2) is 36.4 Å². The molecule has 0 bridgehead atoms. The lowest BCUT2D eigenvalue weighted by atomic mass is 9.96. The maximum Gasteiger partial charge on any atom is 0.254 e. The quantitative estimate of drug-likeness (QED) is 0.622. The topological polar surface area (TPSA) is 76.1 Å². The van der Waals surface area contributed by atoms with E-state index in [9.17, 15) is 9.59 Å². The van der Waals surface area contributed by atoms with Gasteiger partial charge in [0.2, 0.25) is 0 Å². The van der Waals surface area contributed by atoms with Crippen molar-refractivity contribution in [1.29, 1.82) is 0 Å². The van der Waals surface area contributed by atoms with Crippen molar-refractivity contribution in [2.24, 2.45) is 0 Å². The summed E-state index contributed by atoms with van der Waals surface area (Å²) < 4.78 is 10.8. The maximum atomic E-state index is 12.8. The summed E-state index contributed by atoms with van der Waals surface area (Å²) in [6, 6.07) is 11.5. The average Bonchev–Trinajstić information content (AvgIpc) is 3.08. The molecule has 154 valence electrons. The van der Waals surface area contributed by atoms with Crippen LogP contribution in [-0.2, 0) is 11.3 Å². The SMILES string of the molecule is COc1ccc(-c2cccc3c2CN(CCCCCC(=O)CO)C3=O)c(OC)c1. The second kappa shape index (κ2) is 9.56. The predicted octanol–water partition coefficient (Wildman–Crippen LogP) is 3.45. The number of ether oxygens (including phenoxy) is 2. The third-order valence-corrected chi connectivity index (χ3v) is 5.30. The number of benzene rings is 2. The van der Waals surface area contributed by atoms with Crippen molar-refractivity contribution in [3.05, 3.63) is 47.5 Å². The fourth-order valence-electron chi connectivity index (χ4n) is 3.73. The van der Waals surface area contributed by atoms with Crippen LogP contribution in [0.5, 0.6) is 11.5 Å². The molecule has 2 aromatic rings. The Morgan fingerprint density at radius 3 is 2.55 bits per heavy atom. The number of amides is 1. The highest BCUT2D eigenvalue weighted by molar-refractivity contribution is 6.00. The summed E-state index contributed by atoms with van der Waals surface area (Å²) in [6.07, 6.45) is 2.82. The molecule has 1 N–H and O–H groups in total. The summed E-state index contributed by atoms with van der Waals surface area (Å²) in [7, 11) is 3.24. The first kappa shape index (κ1) is 20.9. The second-order valence-electron chi connectivity index (χ2n) is 7.13. The Morgan fingerprint density at radius 2 is 1.83 bits per heavy atom. The summed E-state index contributed by atoms with van der Waals surface area (Å²) in [5.74, 6) is 1.33. The van der Waals surface area contributed by atoms with E-state index in [1.165, 1.54) is 0 Å². The van der Waals surface area contributed by atoms with Crippen LogP contribution in [-0.4, -0.2) is 49.1 Å². The molecule has 0 fully saturated rings. The van der Waals surface area contributed by atoms with Crippen molar-refractivity contribution in [1.82, 2.24) is 4.90 Å². The summed E-state index contributed by atoms with van der Waals surface area (Å²) in [5.41, 5.74) is 3.67. The lowest BCUT2D eigenvalue weighted by Crippen LogP contribution is -2.25. The summed E-state index contributed by atoms with van der Waals surface area (Å²) in [6.45, 7) is 0.826. The van der Waals surface area contributed by atoms with E-state index < -0.39 is 6.61 Å². The van der Waals surface area contributed by atoms with Crippen molar-refractivity contribution in [2.45, 2.75) is 32.2 Å². The van der Waals surface area contributed by atoms with Crippen LogP contribution in [0.1, 0.15) is 41.6 Å². The van der Waals surface area contributed by atoms with Crippen LogP contribution in [0.2, 0.25) is 0 Å². The van der Waals surface area contributed by atoms with Crippen molar-refractivity contribution < 1.29 is 24.2 Å². The Morgan fingerprint density at radius 1 is 1.03 bits per heavy atom. The minimum atomic E-state index is -0.391. The number of carbonyl (C=O) groups is 2. The number of rotatable bonds is 10. The van der Waals surface area contributed by atoms with Crippen LogP contribution >= 0.6 is 0 Å². The molecular weight excluding hydrogens is 370 g/mol. The summed E-state index contributed by atoms with van der Waals surface area (Å²) in [5, 5.41) is 8.77. The third kappa shape index (κ3) is 4.59. The Kier molecular flexibility index (Phi) is 6.88. The van der Waals surface area contributed by atoms with Crippen molar-refractivity contribution >= 4 is 11.7 Å². The molecule has 0 saturated heterocycles. The number of ketones is 1. The molecule has 29 heavy (non-hydrogen) atoms. The van der Waals surface area contributed by atoms with E-state index in [1.807, 2.05) is 41.3 Å². The number of hydrogen-bond donors (Lipinski definition) is 1. The van der Waals surface area contributed by atoms with Crippen LogP contribution in [0.25, 0.3) is 11.1 Å². The first-order valence-electron chi connectivity index (χ1n) is 9.85. The van der Waals surface area contributed by atoms with E-state index in [2.05, 4.69) is 0 Å². The first-order valence-corrected chi connectivity index (χ1v) is 9.85. The zero-order chi connectivity index (χ0) is 20.8. The number of aliphatic hydroxyl groups is 1. The molecule has 0 aliphatic carbocycles. The highest BCUT2D eigenvalue weighted by Gasteiger charge is 2.29. The van der Waals surface area contributed by atoms with Gasteiger partial charge in [-0.15, -0.1) is 0 Å². The molecule has 6 nitrogen and oxygen atoms in total. The maximum absolute atomic E-state index is 12.8. The number of hydrogen-bond acceptors (Lipinski definition) is 5. The summed E-state index contributed by atoms with van der Waals surface area (Å²) >= 11 is 0. The van der Waals surface area contributed by atoms with Gasteiger partial charge in [-0.05, 0) is 42.2 Å². The monoisotopic (exact) mass is 397 g/mol. The fraction of sp³-hybridized carbons (Fsp3) is 0.391. The Labute approximate surface area is 171 Å². The van der Waals surface area contributed by atoms with Crippen molar-refractivity contribution in [3.8, 4) is 22.6 Å². The lowest BCUT2D eigenvalue weighted by Gasteiger charge is -2.16. The molecule has 0 atom stereocenters. The van der Waals surface area contributed by atoms with Gasteiger partial charge >= 0.3 is 0 Å². The van der Waals surface area contributed by atoms with E-state index in [0.29, 0.717) is 25.3 Å². The number of nitrogens with zero attached hydrogens (tertiary/aromatic N) is 1. The van der Waals surface area contributed by atoms with Crippen molar-refractivity contribution in [2.75, 3.05) is 27.4 Å². The second-order valence-corrected chi connectivity index (χ2v) is 7.13. The molecule has 6 heteroatoms. The number of aliphatic hydroxyl groups excluding tert-OH is 1.